The Morgan fingerprint density at radius 2 is 1.58 bits per heavy atom. The van der Waals surface area contributed by atoms with Crippen LogP contribution in [0.3, 0.4) is 0 Å². The Morgan fingerprint density at radius 1 is 0.909 bits per heavy atom. The summed E-state index contributed by atoms with van der Waals surface area (Å²) in [6.07, 6.45) is 9.34. The van der Waals surface area contributed by atoms with E-state index in [1.165, 1.54) is 38.5 Å². The van der Waals surface area contributed by atoms with Crippen LogP contribution in [0, 0.1) is 50.7 Å². The van der Waals surface area contributed by atoms with E-state index < -0.39 is 0 Å². The maximum Gasteiger partial charge on any atom is 0.0880 e. The third-order valence-electron chi connectivity index (χ3n) is 13.4. The van der Waals surface area contributed by atoms with Gasteiger partial charge >= 0.3 is 0 Å². The van der Waals surface area contributed by atoms with Crippen molar-refractivity contribution in [1.29, 1.82) is 0 Å². The van der Waals surface area contributed by atoms with Crippen LogP contribution in [0.2, 0.25) is 0 Å². The Labute approximate surface area is 201 Å². The molecule has 188 valence electrons. The molecule has 6 rings (SSSR count). The second kappa shape index (κ2) is 6.78. The van der Waals surface area contributed by atoms with Crippen LogP contribution < -0.4 is 0 Å². The van der Waals surface area contributed by atoms with E-state index in [-0.39, 0.29) is 40.7 Å². The molecule has 33 heavy (non-hydrogen) atoms. The van der Waals surface area contributed by atoms with E-state index in [0.717, 1.165) is 19.4 Å². The summed E-state index contributed by atoms with van der Waals surface area (Å²) in [5.41, 5.74) is 0.902. The van der Waals surface area contributed by atoms with Crippen molar-refractivity contribution in [3.05, 3.63) is 0 Å². The summed E-state index contributed by atoms with van der Waals surface area (Å²) in [5, 5.41) is 23.0. The maximum absolute atomic E-state index is 12.1. The Bertz CT molecular complexity index is 828. The number of fused-ring (bicyclic) bond motifs is 4. The van der Waals surface area contributed by atoms with Crippen molar-refractivity contribution < 1.29 is 14.9 Å². The van der Waals surface area contributed by atoms with Crippen LogP contribution in [0.1, 0.15) is 86.0 Å². The molecule has 5 saturated carbocycles. The van der Waals surface area contributed by atoms with Crippen LogP contribution in [0.25, 0.3) is 0 Å². The molecule has 1 heterocycles. The largest absolute Gasteiger partial charge is 0.393 e. The average molecular weight is 460 g/mol. The molecule has 0 bridgehead atoms. The van der Waals surface area contributed by atoms with Gasteiger partial charge in [0, 0.05) is 12.0 Å². The van der Waals surface area contributed by atoms with Gasteiger partial charge < -0.3 is 19.8 Å². The number of rotatable bonds is 2. The van der Waals surface area contributed by atoms with Crippen molar-refractivity contribution in [3.8, 4) is 0 Å². The lowest BCUT2D eigenvalue weighted by atomic mass is 9.41. The average Bonchev–Trinajstić information content (AvgIpc) is 3.36. The molecular formula is C29H49NO3. The van der Waals surface area contributed by atoms with E-state index in [1.54, 1.807) is 0 Å². The Morgan fingerprint density at radius 3 is 2.27 bits per heavy atom. The smallest absolute Gasteiger partial charge is 0.0880 e. The highest BCUT2D eigenvalue weighted by atomic mass is 16.5. The quantitative estimate of drug-likeness (QED) is 0.627. The van der Waals surface area contributed by atoms with Crippen molar-refractivity contribution >= 4 is 0 Å². The molecule has 3 unspecified atom stereocenters. The van der Waals surface area contributed by atoms with Crippen LogP contribution in [-0.2, 0) is 4.74 Å². The topological polar surface area (TPSA) is 52.9 Å². The van der Waals surface area contributed by atoms with Crippen molar-refractivity contribution in [3.63, 3.8) is 0 Å². The zero-order chi connectivity index (χ0) is 23.8. The van der Waals surface area contributed by atoms with E-state index in [2.05, 4.69) is 53.6 Å². The summed E-state index contributed by atoms with van der Waals surface area (Å²) in [6, 6.07) is 0. The minimum absolute atomic E-state index is 0.0131. The first-order chi connectivity index (χ1) is 15.3. The molecule has 1 aliphatic heterocycles. The zero-order valence-electron chi connectivity index (χ0n) is 22.2. The summed E-state index contributed by atoms with van der Waals surface area (Å²) in [6.45, 7) is 13.1. The fraction of sp³-hybridized carbons (Fsp3) is 1.00. The highest BCUT2D eigenvalue weighted by molar-refractivity contribution is 5.32. The molecule has 4 nitrogen and oxygen atoms in total. The third-order valence-corrected chi connectivity index (χ3v) is 13.4. The van der Waals surface area contributed by atoms with E-state index >= 15 is 0 Å². The van der Waals surface area contributed by atoms with Gasteiger partial charge in [-0.25, -0.2) is 0 Å². The van der Waals surface area contributed by atoms with Crippen molar-refractivity contribution in [2.45, 2.75) is 110 Å². The molecule has 2 spiro atoms. The second-order valence-electron chi connectivity index (χ2n) is 14.9. The highest BCUT2D eigenvalue weighted by Crippen LogP contribution is 2.89. The van der Waals surface area contributed by atoms with Gasteiger partial charge in [-0.3, -0.25) is 0 Å². The predicted molar refractivity (Wildman–Crippen MR) is 131 cm³/mol. The molecule has 0 amide bonds. The van der Waals surface area contributed by atoms with Crippen molar-refractivity contribution in [1.82, 2.24) is 4.90 Å². The molecule has 0 aromatic rings. The predicted octanol–water partition coefficient (Wildman–Crippen LogP) is 4.72. The number of aliphatic hydroxyl groups is 2. The number of nitrogens with zero attached hydrogens (tertiary/aromatic N) is 1. The van der Waals surface area contributed by atoms with Crippen LogP contribution in [0.4, 0.5) is 0 Å². The molecule has 1 saturated heterocycles. The molecule has 12 atom stereocenters. The first-order valence-corrected chi connectivity index (χ1v) is 14.0. The second-order valence-corrected chi connectivity index (χ2v) is 14.9. The highest BCUT2D eigenvalue weighted by Gasteiger charge is 2.84. The number of hydrogen-bond donors (Lipinski definition) is 2. The van der Waals surface area contributed by atoms with E-state index in [9.17, 15) is 10.2 Å². The van der Waals surface area contributed by atoms with Gasteiger partial charge in [0.1, 0.15) is 0 Å². The van der Waals surface area contributed by atoms with E-state index in [1.807, 2.05) is 0 Å². The number of aliphatic hydroxyl groups excluding tert-OH is 2. The van der Waals surface area contributed by atoms with Gasteiger partial charge in [0.25, 0.3) is 0 Å². The van der Waals surface area contributed by atoms with Gasteiger partial charge in [-0.2, -0.15) is 0 Å². The molecule has 0 radical (unpaired) electrons. The summed E-state index contributed by atoms with van der Waals surface area (Å²) in [7, 11) is 4.26. The summed E-state index contributed by atoms with van der Waals surface area (Å²) >= 11 is 0. The van der Waals surface area contributed by atoms with Crippen LogP contribution in [0.5, 0.6) is 0 Å². The zero-order valence-corrected chi connectivity index (χ0v) is 22.2. The van der Waals surface area contributed by atoms with Gasteiger partial charge in [0.15, 0.2) is 0 Å². The van der Waals surface area contributed by atoms with E-state index in [0.29, 0.717) is 34.5 Å². The third kappa shape index (κ3) is 2.53. The van der Waals surface area contributed by atoms with Crippen LogP contribution in [0.15, 0.2) is 0 Å². The number of likely N-dealkylation sites (N-methyl/N-ethyl adjacent to an activating group) is 1. The Hall–Kier alpha value is -0.160. The molecule has 4 heteroatoms. The molecule has 5 aliphatic carbocycles. The minimum Gasteiger partial charge on any atom is -0.393 e. The SMILES string of the molecule is C[C@@H]1C[C@H](CN(C)C)O[C@H]2C1[C@@]1(C)CC[C@@]34C[C@@]35CC[C@H](O)C(C)(C)C5CCC4[C@]1(C)[C@H]2O. The van der Waals surface area contributed by atoms with Crippen molar-refractivity contribution in [2.24, 2.45) is 50.7 Å². The Kier molecular flexibility index (Phi) is 4.78. The number of hydrogen-bond acceptors (Lipinski definition) is 4. The van der Waals surface area contributed by atoms with E-state index in [4.69, 9.17) is 4.74 Å². The molecule has 0 aromatic carbocycles. The molecule has 0 aromatic heterocycles. The molecular weight excluding hydrogens is 410 g/mol. The maximum atomic E-state index is 12.1. The Balaban J connectivity index is 1.37. The normalized spacial score (nSPS) is 60.9. The minimum atomic E-state index is -0.363. The number of ether oxygens (including phenoxy) is 1. The summed E-state index contributed by atoms with van der Waals surface area (Å²) in [4.78, 5) is 2.24. The van der Waals surface area contributed by atoms with Crippen LogP contribution in [-0.4, -0.2) is 60.2 Å². The van der Waals surface area contributed by atoms with Gasteiger partial charge in [-0.05, 0) is 111 Å². The standard InChI is InChI=1S/C29H49NO3/c1-17-14-18(15-30(6)7)33-23-22(17)26(4)12-13-29-16-28(29)11-10-21(31)25(2,3)19(28)8-9-20(29)27(26,5)24(23)32/h17-24,31-32H,8-16H2,1-7H3/t17-,18-,19?,20?,21+,22?,23+,24+,26-,27-,28-,29+/m1/s1. The molecule has 6 fully saturated rings. The van der Waals surface area contributed by atoms with Gasteiger partial charge in [-0.15, -0.1) is 0 Å². The van der Waals surface area contributed by atoms with Crippen molar-refractivity contribution in [2.75, 3.05) is 20.6 Å². The van der Waals surface area contributed by atoms with Gasteiger partial charge in [-0.1, -0.05) is 34.6 Å². The lowest BCUT2D eigenvalue weighted by Gasteiger charge is -2.63. The lowest BCUT2D eigenvalue weighted by Crippen LogP contribution is -2.59. The molecule has 6 aliphatic rings. The monoisotopic (exact) mass is 459 g/mol. The molecule has 2 N–H and O–H groups in total. The summed E-state index contributed by atoms with van der Waals surface area (Å²) < 4.78 is 6.78. The fourth-order valence-electron chi connectivity index (χ4n) is 11.9. The van der Waals surface area contributed by atoms with Gasteiger partial charge in [0.05, 0.1) is 24.4 Å². The van der Waals surface area contributed by atoms with Gasteiger partial charge in [0.2, 0.25) is 0 Å². The summed E-state index contributed by atoms with van der Waals surface area (Å²) in [5.74, 6) is 2.29. The van der Waals surface area contributed by atoms with Crippen LogP contribution >= 0.6 is 0 Å². The first kappa shape index (κ1) is 23.3. The first-order valence-electron chi connectivity index (χ1n) is 14.0. The lowest BCUT2D eigenvalue weighted by molar-refractivity contribution is -0.182. The fourth-order valence-corrected chi connectivity index (χ4v) is 11.9.